The van der Waals surface area contributed by atoms with E-state index in [1.165, 1.54) is 5.46 Å². The van der Waals surface area contributed by atoms with E-state index in [0.29, 0.717) is 5.39 Å². The molecule has 0 N–H and O–H groups in total. The second-order valence-electron chi connectivity index (χ2n) is 5.77. The van der Waals surface area contributed by atoms with Gasteiger partial charge >= 0.3 is 0 Å². The molecule has 0 atom stereocenters. The minimum atomic E-state index is 0.0385. The average molecular weight is 284 g/mol. The lowest BCUT2D eigenvalue weighted by Crippen LogP contribution is -2.46. The van der Waals surface area contributed by atoms with Gasteiger partial charge in [0.25, 0.3) is 5.56 Å². The number of nitrogens with zero attached hydrogens (tertiary/aromatic N) is 4. The van der Waals surface area contributed by atoms with Crippen LogP contribution >= 0.6 is 0 Å². The average Bonchev–Trinajstić information content (AvgIpc) is 2.51. The molecule has 0 spiro atoms. The molecule has 110 valence electrons. The van der Waals surface area contributed by atoms with Gasteiger partial charge in [0.2, 0.25) is 5.95 Å². The number of fused-ring (bicyclic) bond motifs is 1. The smallest absolute Gasteiger partial charge is 0.262 e. The van der Waals surface area contributed by atoms with Crippen molar-refractivity contribution in [1.82, 2.24) is 14.5 Å². The quantitative estimate of drug-likeness (QED) is 0.716. The van der Waals surface area contributed by atoms with E-state index in [2.05, 4.69) is 23.7 Å². The first kappa shape index (κ1) is 14.1. The predicted molar refractivity (Wildman–Crippen MR) is 89.3 cm³/mol. The molecule has 3 rings (SSSR count). The van der Waals surface area contributed by atoms with Crippen LogP contribution in [0.4, 0.5) is 5.95 Å². The molecule has 21 heavy (non-hydrogen) atoms. The van der Waals surface area contributed by atoms with Crippen LogP contribution < -0.4 is 15.9 Å². The first-order valence-corrected chi connectivity index (χ1v) is 7.53. The van der Waals surface area contributed by atoms with Crippen molar-refractivity contribution in [2.24, 2.45) is 7.05 Å². The molecule has 1 aliphatic rings. The molecule has 0 bridgehead atoms. The van der Waals surface area contributed by atoms with E-state index in [0.717, 1.165) is 44.9 Å². The molecule has 1 aromatic carbocycles. The zero-order valence-electron chi connectivity index (χ0n) is 13.0. The van der Waals surface area contributed by atoms with Gasteiger partial charge in [-0.1, -0.05) is 18.4 Å². The van der Waals surface area contributed by atoms with Gasteiger partial charge in [0.15, 0.2) is 7.28 Å². The van der Waals surface area contributed by atoms with E-state index < -0.39 is 0 Å². The SMILES string of the molecule is CBc1ccc2c(=O)n(C)c(N3CCN(C)CC3)nc2c1. The lowest BCUT2D eigenvalue weighted by molar-refractivity contribution is 0.310. The Morgan fingerprint density at radius 1 is 1.14 bits per heavy atom. The molecule has 0 amide bonds. The largest absolute Gasteiger partial charge is 0.340 e. The molecule has 1 aliphatic heterocycles. The maximum Gasteiger partial charge on any atom is 0.262 e. The van der Waals surface area contributed by atoms with Crippen LogP contribution in [-0.2, 0) is 7.05 Å². The van der Waals surface area contributed by atoms with E-state index >= 15 is 0 Å². The van der Waals surface area contributed by atoms with E-state index in [-0.39, 0.29) is 5.56 Å². The van der Waals surface area contributed by atoms with Gasteiger partial charge < -0.3 is 9.80 Å². The molecular formula is C15H21BN4O. The van der Waals surface area contributed by atoms with Crippen molar-refractivity contribution in [2.75, 3.05) is 38.1 Å². The maximum atomic E-state index is 12.5. The molecule has 2 heterocycles. The monoisotopic (exact) mass is 284 g/mol. The van der Waals surface area contributed by atoms with Crippen LogP contribution in [0.5, 0.6) is 0 Å². The van der Waals surface area contributed by atoms with Crippen LogP contribution in [0.1, 0.15) is 0 Å². The zero-order chi connectivity index (χ0) is 15.0. The lowest BCUT2D eigenvalue weighted by atomic mass is 9.73. The number of hydrogen-bond donors (Lipinski definition) is 0. The highest BCUT2D eigenvalue weighted by atomic mass is 16.1. The molecule has 1 fully saturated rings. The Morgan fingerprint density at radius 3 is 2.52 bits per heavy atom. The van der Waals surface area contributed by atoms with Crippen molar-refractivity contribution in [3.8, 4) is 0 Å². The van der Waals surface area contributed by atoms with Crippen molar-refractivity contribution in [3.63, 3.8) is 0 Å². The van der Waals surface area contributed by atoms with Crippen LogP contribution in [0.2, 0.25) is 6.82 Å². The van der Waals surface area contributed by atoms with Crippen molar-refractivity contribution in [2.45, 2.75) is 6.82 Å². The summed E-state index contributed by atoms with van der Waals surface area (Å²) in [7, 11) is 4.89. The van der Waals surface area contributed by atoms with Crippen LogP contribution in [0, 0.1) is 0 Å². The number of hydrogen-bond acceptors (Lipinski definition) is 4. The highest BCUT2D eigenvalue weighted by Crippen LogP contribution is 2.15. The summed E-state index contributed by atoms with van der Waals surface area (Å²) in [4.78, 5) is 21.8. The normalized spacial score (nSPS) is 16.4. The summed E-state index contributed by atoms with van der Waals surface area (Å²) < 4.78 is 1.68. The molecule has 2 aromatic rings. The van der Waals surface area contributed by atoms with Crippen molar-refractivity contribution >= 4 is 29.6 Å². The number of benzene rings is 1. The second-order valence-corrected chi connectivity index (χ2v) is 5.77. The Bertz CT molecular complexity index is 719. The second kappa shape index (κ2) is 5.52. The third-order valence-electron chi connectivity index (χ3n) is 4.31. The third kappa shape index (κ3) is 2.55. The Hall–Kier alpha value is -1.82. The van der Waals surface area contributed by atoms with Gasteiger partial charge in [-0.3, -0.25) is 9.36 Å². The Labute approximate surface area is 125 Å². The highest BCUT2D eigenvalue weighted by molar-refractivity contribution is 6.52. The van der Waals surface area contributed by atoms with Gasteiger partial charge in [-0.25, -0.2) is 4.98 Å². The summed E-state index contributed by atoms with van der Waals surface area (Å²) in [5.41, 5.74) is 2.07. The molecule has 1 saturated heterocycles. The number of aromatic nitrogens is 2. The first-order chi connectivity index (χ1) is 10.1. The molecule has 0 unspecified atom stereocenters. The van der Waals surface area contributed by atoms with Gasteiger partial charge in [0.05, 0.1) is 10.9 Å². The summed E-state index contributed by atoms with van der Waals surface area (Å²) in [5, 5.41) is 0.701. The van der Waals surface area contributed by atoms with Crippen LogP contribution in [0.25, 0.3) is 10.9 Å². The van der Waals surface area contributed by atoms with Crippen molar-refractivity contribution in [3.05, 3.63) is 28.6 Å². The standard InChI is InChI=1S/C15H21BN4O/c1-16-11-4-5-12-13(10-11)17-15(19(3)14(12)21)20-8-6-18(2)7-9-20/h4-5,10,16H,6-9H2,1-3H3. The minimum absolute atomic E-state index is 0.0385. The minimum Gasteiger partial charge on any atom is -0.340 e. The van der Waals surface area contributed by atoms with E-state index in [4.69, 9.17) is 4.98 Å². The molecule has 5 nitrogen and oxygen atoms in total. The Kier molecular flexibility index (Phi) is 3.72. The summed E-state index contributed by atoms with van der Waals surface area (Å²) in [6, 6.07) is 5.95. The van der Waals surface area contributed by atoms with Crippen LogP contribution in [-0.4, -0.2) is 55.0 Å². The summed E-state index contributed by atoms with van der Waals surface area (Å²) in [6.07, 6.45) is 0. The number of rotatable bonds is 2. The van der Waals surface area contributed by atoms with E-state index in [1.807, 2.05) is 25.2 Å². The Morgan fingerprint density at radius 2 is 1.86 bits per heavy atom. The first-order valence-electron chi connectivity index (χ1n) is 7.53. The van der Waals surface area contributed by atoms with Crippen LogP contribution in [0.15, 0.2) is 23.0 Å². The predicted octanol–water partition coefficient (Wildman–Crippen LogP) is -0.205. The fraction of sp³-hybridized carbons (Fsp3) is 0.467. The van der Waals surface area contributed by atoms with Gasteiger partial charge in [-0.15, -0.1) is 0 Å². The fourth-order valence-corrected chi connectivity index (χ4v) is 2.81. The van der Waals surface area contributed by atoms with E-state index in [1.54, 1.807) is 4.57 Å². The topological polar surface area (TPSA) is 41.4 Å². The molecule has 0 aliphatic carbocycles. The third-order valence-corrected chi connectivity index (χ3v) is 4.31. The molecule has 0 radical (unpaired) electrons. The van der Waals surface area contributed by atoms with E-state index in [9.17, 15) is 4.79 Å². The van der Waals surface area contributed by atoms with Gasteiger partial charge in [-0.2, -0.15) is 0 Å². The van der Waals surface area contributed by atoms with Crippen molar-refractivity contribution < 1.29 is 0 Å². The van der Waals surface area contributed by atoms with Gasteiger partial charge in [-0.05, 0) is 19.2 Å². The zero-order valence-corrected chi connectivity index (χ0v) is 13.0. The summed E-state index contributed by atoms with van der Waals surface area (Å²) >= 11 is 0. The number of piperazine rings is 1. The fourth-order valence-electron chi connectivity index (χ4n) is 2.81. The molecule has 1 aromatic heterocycles. The number of anilines is 1. The number of likely N-dealkylation sites (N-methyl/N-ethyl adjacent to an activating group) is 1. The lowest BCUT2D eigenvalue weighted by Gasteiger charge is -2.33. The maximum absolute atomic E-state index is 12.5. The van der Waals surface area contributed by atoms with Gasteiger partial charge in [0, 0.05) is 33.2 Å². The Balaban J connectivity index is 2.10. The van der Waals surface area contributed by atoms with Crippen LogP contribution in [0.3, 0.4) is 0 Å². The summed E-state index contributed by atoms with van der Waals surface area (Å²) in [6.45, 7) is 5.95. The van der Waals surface area contributed by atoms with Crippen molar-refractivity contribution in [1.29, 1.82) is 0 Å². The highest BCUT2D eigenvalue weighted by Gasteiger charge is 2.19. The molecular weight excluding hydrogens is 263 g/mol. The molecule has 6 heteroatoms. The van der Waals surface area contributed by atoms with Gasteiger partial charge in [0.1, 0.15) is 0 Å². The summed E-state index contributed by atoms with van der Waals surface area (Å²) in [5.74, 6) is 0.786. The molecule has 0 saturated carbocycles.